The molecule has 1 atom stereocenters. The van der Waals surface area contributed by atoms with Gasteiger partial charge in [0.25, 0.3) is 5.91 Å². The molecule has 0 aliphatic heterocycles. The Labute approximate surface area is 190 Å². The van der Waals surface area contributed by atoms with E-state index in [-0.39, 0.29) is 18.4 Å². The van der Waals surface area contributed by atoms with Gasteiger partial charge < -0.3 is 15.0 Å². The minimum absolute atomic E-state index is 0.116. The Kier molecular flexibility index (Phi) is 8.67. The van der Waals surface area contributed by atoms with Gasteiger partial charge in [-0.05, 0) is 36.8 Å². The van der Waals surface area contributed by atoms with E-state index in [0.717, 1.165) is 29.2 Å². The Morgan fingerprint density at radius 1 is 0.969 bits per heavy atom. The summed E-state index contributed by atoms with van der Waals surface area (Å²) < 4.78 is 5.92. The van der Waals surface area contributed by atoms with Crippen LogP contribution in [0.1, 0.15) is 32.3 Å². The average Bonchev–Trinajstić information content (AvgIpc) is 2.83. The van der Waals surface area contributed by atoms with Gasteiger partial charge in [-0.3, -0.25) is 9.59 Å². The Morgan fingerprint density at radius 3 is 2.47 bits per heavy atom. The number of hydrogen-bond acceptors (Lipinski definition) is 3. The molecule has 0 unspecified atom stereocenters. The summed E-state index contributed by atoms with van der Waals surface area (Å²) in [5.74, 6) is 0.330. The van der Waals surface area contributed by atoms with Crippen molar-refractivity contribution >= 4 is 22.6 Å². The number of ether oxygens (including phenoxy) is 1. The molecule has 0 aromatic heterocycles. The summed E-state index contributed by atoms with van der Waals surface area (Å²) >= 11 is 0. The monoisotopic (exact) mass is 432 g/mol. The van der Waals surface area contributed by atoms with Gasteiger partial charge in [0.15, 0.2) is 6.61 Å². The van der Waals surface area contributed by atoms with Crippen LogP contribution >= 0.6 is 0 Å². The van der Waals surface area contributed by atoms with Gasteiger partial charge in [-0.15, -0.1) is 0 Å². The van der Waals surface area contributed by atoms with E-state index in [1.165, 1.54) is 0 Å². The first-order valence-corrected chi connectivity index (χ1v) is 11.3. The Balaban J connectivity index is 1.70. The zero-order valence-corrected chi connectivity index (χ0v) is 18.9. The number of carbonyl (C=O) groups is 2. The zero-order chi connectivity index (χ0) is 22.8. The van der Waals surface area contributed by atoms with Crippen LogP contribution in [0.2, 0.25) is 0 Å². The second kappa shape index (κ2) is 11.9. The van der Waals surface area contributed by atoms with E-state index in [4.69, 9.17) is 4.74 Å². The molecule has 0 saturated heterocycles. The van der Waals surface area contributed by atoms with Gasteiger partial charge in [0.1, 0.15) is 11.8 Å². The number of hydrogen-bond donors (Lipinski definition) is 1. The van der Waals surface area contributed by atoms with Crippen LogP contribution in [0, 0.1) is 0 Å². The number of benzene rings is 3. The Morgan fingerprint density at radius 2 is 1.69 bits per heavy atom. The van der Waals surface area contributed by atoms with E-state index in [1.54, 1.807) is 11.8 Å². The highest BCUT2D eigenvalue weighted by Crippen LogP contribution is 2.25. The molecular weight excluding hydrogens is 400 g/mol. The van der Waals surface area contributed by atoms with Crippen molar-refractivity contribution in [1.82, 2.24) is 10.2 Å². The standard InChI is InChI=1S/C27H32N2O3/c1-3-4-18-28-27(31)21(2)29(19-17-22-11-6-5-7-12-22)26(30)20-32-25-16-10-14-23-13-8-9-15-24(23)25/h5-16,21H,3-4,17-20H2,1-2H3,(H,28,31)/t21-/m1/s1. The van der Waals surface area contributed by atoms with E-state index in [2.05, 4.69) is 12.2 Å². The molecule has 0 bridgehead atoms. The summed E-state index contributed by atoms with van der Waals surface area (Å²) in [7, 11) is 0. The van der Waals surface area contributed by atoms with E-state index < -0.39 is 6.04 Å². The Bertz CT molecular complexity index is 1010. The quantitative estimate of drug-likeness (QED) is 0.451. The highest BCUT2D eigenvalue weighted by atomic mass is 16.5. The minimum atomic E-state index is -0.570. The zero-order valence-electron chi connectivity index (χ0n) is 18.9. The number of amides is 2. The normalized spacial score (nSPS) is 11.7. The van der Waals surface area contributed by atoms with Crippen LogP contribution in [-0.4, -0.2) is 42.5 Å². The molecule has 0 aliphatic carbocycles. The molecule has 1 N–H and O–H groups in total. The van der Waals surface area contributed by atoms with Crippen LogP contribution in [0.25, 0.3) is 10.8 Å². The molecule has 0 spiro atoms. The van der Waals surface area contributed by atoms with E-state index in [9.17, 15) is 9.59 Å². The SMILES string of the molecule is CCCCNC(=O)[C@@H](C)N(CCc1ccccc1)C(=O)COc1cccc2ccccc12. The largest absolute Gasteiger partial charge is 0.483 e. The van der Waals surface area contributed by atoms with Crippen molar-refractivity contribution in [1.29, 1.82) is 0 Å². The third kappa shape index (κ3) is 6.33. The molecule has 2 amide bonds. The van der Waals surface area contributed by atoms with Crippen molar-refractivity contribution in [3.05, 3.63) is 78.4 Å². The second-order valence-corrected chi connectivity index (χ2v) is 7.91. The van der Waals surface area contributed by atoms with Crippen LogP contribution in [0.15, 0.2) is 72.8 Å². The first kappa shape index (κ1) is 23.3. The predicted molar refractivity (Wildman–Crippen MR) is 129 cm³/mol. The lowest BCUT2D eigenvalue weighted by molar-refractivity contribution is -0.141. The number of rotatable bonds is 11. The van der Waals surface area contributed by atoms with Gasteiger partial charge in [0.05, 0.1) is 0 Å². The summed E-state index contributed by atoms with van der Waals surface area (Å²) in [6.45, 7) is 4.81. The maximum Gasteiger partial charge on any atom is 0.261 e. The smallest absolute Gasteiger partial charge is 0.261 e. The fraction of sp³-hybridized carbons (Fsp3) is 0.333. The van der Waals surface area contributed by atoms with Crippen molar-refractivity contribution in [3.8, 4) is 5.75 Å². The first-order valence-electron chi connectivity index (χ1n) is 11.3. The van der Waals surface area contributed by atoms with Crippen LogP contribution in [0.3, 0.4) is 0 Å². The summed E-state index contributed by atoms with van der Waals surface area (Å²) in [5, 5.41) is 4.96. The average molecular weight is 433 g/mol. The molecule has 168 valence electrons. The van der Waals surface area contributed by atoms with Gasteiger partial charge >= 0.3 is 0 Å². The third-order valence-electron chi connectivity index (χ3n) is 5.58. The molecule has 0 heterocycles. The topological polar surface area (TPSA) is 58.6 Å². The predicted octanol–water partition coefficient (Wildman–Crippen LogP) is 4.59. The molecule has 0 radical (unpaired) electrons. The summed E-state index contributed by atoms with van der Waals surface area (Å²) in [6.07, 6.45) is 2.60. The van der Waals surface area contributed by atoms with Gasteiger partial charge in [-0.1, -0.05) is 80.1 Å². The first-order chi connectivity index (χ1) is 15.6. The molecule has 0 fully saturated rings. The third-order valence-corrected chi connectivity index (χ3v) is 5.58. The van der Waals surface area contributed by atoms with Gasteiger partial charge in [0.2, 0.25) is 5.91 Å². The molecule has 3 rings (SSSR count). The van der Waals surface area contributed by atoms with Crippen molar-refractivity contribution < 1.29 is 14.3 Å². The number of nitrogens with zero attached hydrogens (tertiary/aromatic N) is 1. The van der Waals surface area contributed by atoms with Crippen LogP contribution in [0.4, 0.5) is 0 Å². The van der Waals surface area contributed by atoms with Crippen molar-refractivity contribution in [2.45, 2.75) is 39.2 Å². The van der Waals surface area contributed by atoms with Gasteiger partial charge in [0, 0.05) is 18.5 Å². The molecule has 5 nitrogen and oxygen atoms in total. The van der Waals surface area contributed by atoms with Crippen LogP contribution in [-0.2, 0) is 16.0 Å². The van der Waals surface area contributed by atoms with E-state index in [1.807, 2.05) is 72.8 Å². The lowest BCUT2D eigenvalue weighted by Gasteiger charge is -2.28. The van der Waals surface area contributed by atoms with E-state index in [0.29, 0.717) is 25.3 Å². The van der Waals surface area contributed by atoms with Gasteiger partial charge in [-0.25, -0.2) is 0 Å². The minimum Gasteiger partial charge on any atom is -0.483 e. The Hall–Kier alpha value is -3.34. The van der Waals surface area contributed by atoms with Crippen molar-refractivity contribution in [2.24, 2.45) is 0 Å². The number of fused-ring (bicyclic) bond motifs is 1. The maximum atomic E-state index is 13.2. The fourth-order valence-corrected chi connectivity index (χ4v) is 3.65. The van der Waals surface area contributed by atoms with E-state index >= 15 is 0 Å². The van der Waals surface area contributed by atoms with Crippen molar-refractivity contribution in [2.75, 3.05) is 19.7 Å². The summed E-state index contributed by atoms with van der Waals surface area (Å²) in [4.78, 5) is 27.5. The van der Waals surface area contributed by atoms with Crippen LogP contribution < -0.4 is 10.1 Å². The second-order valence-electron chi connectivity index (χ2n) is 7.91. The van der Waals surface area contributed by atoms with Crippen LogP contribution in [0.5, 0.6) is 5.75 Å². The van der Waals surface area contributed by atoms with Gasteiger partial charge in [-0.2, -0.15) is 0 Å². The molecule has 3 aromatic rings. The highest BCUT2D eigenvalue weighted by molar-refractivity contribution is 5.90. The number of carbonyl (C=O) groups excluding carboxylic acids is 2. The molecule has 0 saturated carbocycles. The summed E-state index contributed by atoms with van der Waals surface area (Å²) in [5.41, 5.74) is 1.12. The molecular formula is C27H32N2O3. The number of unbranched alkanes of at least 4 members (excludes halogenated alkanes) is 1. The lowest BCUT2D eigenvalue weighted by Crippen LogP contribution is -2.50. The molecule has 32 heavy (non-hydrogen) atoms. The lowest BCUT2D eigenvalue weighted by atomic mass is 10.1. The molecule has 0 aliphatic rings. The fourth-order valence-electron chi connectivity index (χ4n) is 3.65. The highest BCUT2D eigenvalue weighted by Gasteiger charge is 2.26. The molecule has 5 heteroatoms. The molecule has 3 aromatic carbocycles. The van der Waals surface area contributed by atoms with Crippen molar-refractivity contribution in [3.63, 3.8) is 0 Å². The maximum absolute atomic E-state index is 13.2. The summed E-state index contributed by atoms with van der Waals surface area (Å²) in [6, 6.07) is 23.1. The number of nitrogens with one attached hydrogen (secondary N) is 1.